The standard InChI is InChI=1S/C21H30O/c1-4-5-6-7-8-9-11-18(2)14-15-20-12-10-13-21(17-20)16-19(3)22/h10,12-13,17-18H,4-9,11,16H2,1-3H3. The van der Waals surface area contributed by atoms with Crippen molar-refractivity contribution in [1.82, 2.24) is 0 Å². The van der Waals surface area contributed by atoms with Crippen molar-refractivity contribution in [3.8, 4) is 11.8 Å². The molecule has 1 unspecified atom stereocenters. The molecule has 22 heavy (non-hydrogen) atoms. The fourth-order valence-electron chi connectivity index (χ4n) is 2.56. The summed E-state index contributed by atoms with van der Waals surface area (Å²) in [5.41, 5.74) is 2.08. The van der Waals surface area contributed by atoms with Crippen LogP contribution in [0.1, 0.15) is 76.8 Å². The van der Waals surface area contributed by atoms with Crippen molar-refractivity contribution in [3.63, 3.8) is 0 Å². The molecule has 1 rings (SSSR count). The first-order chi connectivity index (χ1) is 10.6. The number of Topliss-reactive ketones (excluding diaryl/α,β-unsaturated/α-hetero) is 1. The van der Waals surface area contributed by atoms with Gasteiger partial charge in [-0.15, -0.1) is 0 Å². The highest BCUT2D eigenvalue weighted by atomic mass is 16.1. The lowest BCUT2D eigenvalue weighted by molar-refractivity contribution is -0.116. The summed E-state index contributed by atoms with van der Waals surface area (Å²) in [4.78, 5) is 11.2. The Morgan fingerprint density at radius 1 is 1.14 bits per heavy atom. The number of hydrogen-bond donors (Lipinski definition) is 0. The highest BCUT2D eigenvalue weighted by Crippen LogP contribution is 2.12. The number of benzene rings is 1. The molecule has 0 spiro atoms. The normalized spacial score (nSPS) is 11.6. The minimum Gasteiger partial charge on any atom is -0.300 e. The van der Waals surface area contributed by atoms with E-state index in [1.807, 2.05) is 24.3 Å². The fourth-order valence-corrected chi connectivity index (χ4v) is 2.56. The first-order valence-electron chi connectivity index (χ1n) is 8.71. The summed E-state index contributed by atoms with van der Waals surface area (Å²) < 4.78 is 0. The van der Waals surface area contributed by atoms with Gasteiger partial charge in [0.2, 0.25) is 0 Å². The SMILES string of the molecule is CCCCCCCCC(C)C#Cc1cccc(CC(C)=O)c1. The van der Waals surface area contributed by atoms with Gasteiger partial charge in [0.05, 0.1) is 0 Å². The van der Waals surface area contributed by atoms with Crippen molar-refractivity contribution in [2.75, 3.05) is 0 Å². The smallest absolute Gasteiger partial charge is 0.134 e. The molecule has 1 nitrogen and oxygen atoms in total. The molecule has 0 radical (unpaired) electrons. The van der Waals surface area contributed by atoms with E-state index in [2.05, 4.69) is 25.7 Å². The maximum atomic E-state index is 11.2. The molecule has 1 heteroatoms. The number of carbonyl (C=O) groups is 1. The lowest BCUT2D eigenvalue weighted by atomic mass is 10.0. The molecule has 1 aromatic carbocycles. The van der Waals surface area contributed by atoms with Crippen molar-refractivity contribution >= 4 is 5.78 Å². The summed E-state index contributed by atoms with van der Waals surface area (Å²) in [6.45, 7) is 6.09. The van der Waals surface area contributed by atoms with Gasteiger partial charge in [0.15, 0.2) is 0 Å². The highest BCUT2D eigenvalue weighted by molar-refractivity contribution is 5.78. The molecule has 0 bridgehead atoms. The van der Waals surface area contributed by atoms with Gasteiger partial charge in [-0.2, -0.15) is 0 Å². The Morgan fingerprint density at radius 3 is 2.59 bits per heavy atom. The Morgan fingerprint density at radius 2 is 1.86 bits per heavy atom. The van der Waals surface area contributed by atoms with E-state index in [-0.39, 0.29) is 5.78 Å². The van der Waals surface area contributed by atoms with E-state index in [0.29, 0.717) is 12.3 Å². The Bertz CT molecular complexity index is 504. The second-order valence-electron chi connectivity index (χ2n) is 6.31. The minimum atomic E-state index is 0.196. The van der Waals surface area contributed by atoms with Gasteiger partial charge in [0.25, 0.3) is 0 Å². The summed E-state index contributed by atoms with van der Waals surface area (Å²) in [5.74, 6) is 7.25. The molecule has 120 valence electrons. The zero-order chi connectivity index (χ0) is 16.2. The van der Waals surface area contributed by atoms with Gasteiger partial charge in [0.1, 0.15) is 5.78 Å². The average Bonchev–Trinajstić information content (AvgIpc) is 2.48. The molecule has 0 saturated heterocycles. The van der Waals surface area contributed by atoms with E-state index in [4.69, 9.17) is 0 Å². The van der Waals surface area contributed by atoms with Crippen LogP contribution in [0.2, 0.25) is 0 Å². The summed E-state index contributed by atoms with van der Waals surface area (Å²) in [7, 11) is 0. The predicted octanol–water partition coefficient (Wildman–Crippen LogP) is 5.56. The van der Waals surface area contributed by atoms with Gasteiger partial charge in [-0.3, -0.25) is 4.79 Å². The third kappa shape index (κ3) is 8.67. The Balaban J connectivity index is 2.37. The number of rotatable bonds is 9. The maximum Gasteiger partial charge on any atom is 0.134 e. The molecule has 0 aliphatic heterocycles. The molecule has 1 atom stereocenters. The lowest BCUT2D eigenvalue weighted by Crippen LogP contribution is -1.96. The molecule has 0 heterocycles. The summed E-state index contributed by atoms with van der Waals surface area (Å²) in [6, 6.07) is 8.03. The van der Waals surface area contributed by atoms with E-state index in [9.17, 15) is 4.79 Å². The van der Waals surface area contributed by atoms with Crippen molar-refractivity contribution in [1.29, 1.82) is 0 Å². The van der Waals surface area contributed by atoms with E-state index < -0.39 is 0 Å². The van der Waals surface area contributed by atoms with Crippen LogP contribution in [0.15, 0.2) is 24.3 Å². The Kier molecular flexibility index (Phi) is 9.31. The van der Waals surface area contributed by atoms with Crippen molar-refractivity contribution in [2.24, 2.45) is 5.92 Å². The van der Waals surface area contributed by atoms with E-state index in [0.717, 1.165) is 11.1 Å². The van der Waals surface area contributed by atoms with Gasteiger partial charge in [-0.25, -0.2) is 0 Å². The quantitative estimate of drug-likeness (QED) is 0.431. The van der Waals surface area contributed by atoms with Crippen LogP contribution in [0, 0.1) is 17.8 Å². The lowest BCUT2D eigenvalue weighted by Gasteiger charge is -2.04. The summed E-state index contributed by atoms with van der Waals surface area (Å²) in [6.07, 6.45) is 9.72. The first-order valence-corrected chi connectivity index (χ1v) is 8.71. The van der Waals surface area contributed by atoms with Crippen LogP contribution in [0.3, 0.4) is 0 Å². The van der Waals surface area contributed by atoms with Crippen LogP contribution in [0.4, 0.5) is 0 Å². The number of unbranched alkanes of at least 4 members (excludes halogenated alkanes) is 5. The maximum absolute atomic E-state index is 11.2. The first kappa shape index (κ1) is 18.5. The third-order valence-electron chi connectivity index (χ3n) is 3.83. The highest BCUT2D eigenvalue weighted by Gasteiger charge is 1.99. The van der Waals surface area contributed by atoms with E-state index >= 15 is 0 Å². The Hall–Kier alpha value is -1.55. The molecule has 0 aliphatic carbocycles. The summed E-state index contributed by atoms with van der Waals surface area (Å²) in [5, 5.41) is 0. The zero-order valence-corrected chi connectivity index (χ0v) is 14.5. The van der Waals surface area contributed by atoms with Gasteiger partial charge in [0, 0.05) is 17.9 Å². The van der Waals surface area contributed by atoms with Crippen LogP contribution >= 0.6 is 0 Å². The van der Waals surface area contributed by atoms with E-state index in [1.54, 1.807) is 6.92 Å². The fraction of sp³-hybridized carbons (Fsp3) is 0.571. The van der Waals surface area contributed by atoms with Crippen LogP contribution in [-0.4, -0.2) is 5.78 Å². The molecule has 0 N–H and O–H groups in total. The van der Waals surface area contributed by atoms with Crippen molar-refractivity contribution < 1.29 is 4.79 Å². The van der Waals surface area contributed by atoms with Crippen molar-refractivity contribution in [2.45, 2.75) is 72.1 Å². The molecular weight excluding hydrogens is 268 g/mol. The monoisotopic (exact) mass is 298 g/mol. The van der Waals surface area contributed by atoms with Crippen LogP contribution in [-0.2, 0) is 11.2 Å². The van der Waals surface area contributed by atoms with Crippen LogP contribution < -0.4 is 0 Å². The van der Waals surface area contributed by atoms with Gasteiger partial charge >= 0.3 is 0 Å². The predicted molar refractivity (Wildman–Crippen MR) is 94.9 cm³/mol. The topological polar surface area (TPSA) is 17.1 Å². The number of carbonyl (C=O) groups excluding carboxylic acids is 1. The number of ketones is 1. The van der Waals surface area contributed by atoms with Crippen LogP contribution in [0.5, 0.6) is 0 Å². The zero-order valence-electron chi connectivity index (χ0n) is 14.5. The van der Waals surface area contributed by atoms with Crippen molar-refractivity contribution in [3.05, 3.63) is 35.4 Å². The van der Waals surface area contributed by atoms with Crippen LogP contribution in [0.25, 0.3) is 0 Å². The van der Waals surface area contributed by atoms with E-state index in [1.165, 1.54) is 44.9 Å². The third-order valence-corrected chi connectivity index (χ3v) is 3.83. The summed E-state index contributed by atoms with van der Waals surface area (Å²) >= 11 is 0. The van der Waals surface area contributed by atoms with Gasteiger partial charge < -0.3 is 0 Å². The average molecular weight is 298 g/mol. The molecule has 0 saturated carbocycles. The largest absolute Gasteiger partial charge is 0.300 e. The number of hydrogen-bond acceptors (Lipinski definition) is 1. The van der Waals surface area contributed by atoms with Gasteiger partial charge in [-0.05, 0) is 31.0 Å². The Labute approximate surface area is 136 Å². The second kappa shape index (κ2) is 11.1. The molecule has 0 amide bonds. The molecular formula is C21H30O. The molecule has 0 fully saturated rings. The molecule has 0 aromatic heterocycles. The molecule has 1 aromatic rings. The molecule has 0 aliphatic rings. The second-order valence-corrected chi connectivity index (χ2v) is 6.31. The van der Waals surface area contributed by atoms with Gasteiger partial charge in [-0.1, -0.05) is 76.3 Å². The minimum absolute atomic E-state index is 0.196.